The predicted molar refractivity (Wildman–Crippen MR) is 84.6 cm³/mol. The van der Waals surface area contributed by atoms with Gasteiger partial charge in [0.25, 0.3) is 5.91 Å². The Morgan fingerprint density at radius 3 is 2.54 bits per heavy atom. The molecule has 4 nitrogen and oxygen atoms in total. The lowest BCUT2D eigenvalue weighted by Crippen LogP contribution is -2.25. The molecule has 0 aliphatic rings. The van der Waals surface area contributed by atoms with E-state index in [2.05, 4.69) is 10.4 Å². The lowest BCUT2D eigenvalue weighted by atomic mass is 10.0. The number of carbonyl (C=O) groups excluding carboxylic acids is 1. The number of hydrogen-bond donors (Lipinski definition) is 1. The van der Waals surface area contributed by atoms with Crippen molar-refractivity contribution < 1.29 is 18.0 Å². The van der Waals surface area contributed by atoms with E-state index in [4.69, 9.17) is 0 Å². The highest BCUT2D eigenvalue weighted by atomic mass is 19.4. The highest BCUT2D eigenvalue weighted by Gasteiger charge is 2.32. The van der Waals surface area contributed by atoms with Gasteiger partial charge in [-0.1, -0.05) is 26.0 Å². The van der Waals surface area contributed by atoms with Crippen molar-refractivity contribution in [2.45, 2.75) is 39.4 Å². The highest BCUT2D eigenvalue weighted by Crippen LogP contribution is 2.32. The zero-order chi connectivity index (χ0) is 18.1. The maximum Gasteiger partial charge on any atom is 0.416 e. The zero-order valence-corrected chi connectivity index (χ0v) is 14.0. The monoisotopic (exact) mass is 339 g/mol. The molecule has 0 bridgehead atoms. The Morgan fingerprint density at radius 1 is 1.33 bits per heavy atom. The van der Waals surface area contributed by atoms with E-state index in [9.17, 15) is 18.0 Å². The van der Waals surface area contributed by atoms with Gasteiger partial charge < -0.3 is 5.32 Å². The van der Waals surface area contributed by atoms with Gasteiger partial charge >= 0.3 is 6.18 Å². The number of carbonyl (C=O) groups is 1. The van der Waals surface area contributed by atoms with Crippen LogP contribution in [-0.2, 0) is 19.8 Å². The van der Waals surface area contributed by atoms with Crippen molar-refractivity contribution in [3.63, 3.8) is 0 Å². The van der Waals surface area contributed by atoms with Crippen molar-refractivity contribution in [3.8, 4) is 0 Å². The second-order valence-corrected chi connectivity index (χ2v) is 6.00. The number of aromatic nitrogens is 2. The molecule has 0 aliphatic heterocycles. The fourth-order valence-corrected chi connectivity index (χ4v) is 2.43. The molecule has 1 aromatic carbocycles. The number of aryl methyl sites for hydroxylation is 1. The molecule has 24 heavy (non-hydrogen) atoms. The van der Waals surface area contributed by atoms with Gasteiger partial charge in [-0.25, -0.2) is 0 Å². The Morgan fingerprint density at radius 2 is 2.00 bits per heavy atom. The molecule has 0 unspecified atom stereocenters. The topological polar surface area (TPSA) is 46.9 Å². The molecular weight excluding hydrogens is 319 g/mol. The van der Waals surface area contributed by atoms with Crippen LogP contribution < -0.4 is 5.32 Å². The quantitative estimate of drug-likeness (QED) is 0.921. The average molecular weight is 339 g/mol. The smallest absolute Gasteiger partial charge is 0.347 e. The number of nitrogens with one attached hydrogen (secondary N) is 1. The summed E-state index contributed by atoms with van der Waals surface area (Å²) in [6.07, 6.45) is -4.40. The van der Waals surface area contributed by atoms with Crippen LogP contribution in [0.3, 0.4) is 0 Å². The van der Waals surface area contributed by atoms with Crippen LogP contribution >= 0.6 is 0 Å². The maximum atomic E-state index is 12.9. The fraction of sp³-hybridized carbons (Fsp3) is 0.412. The van der Waals surface area contributed by atoms with Gasteiger partial charge in [0.05, 0.1) is 11.3 Å². The van der Waals surface area contributed by atoms with E-state index in [0.717, 1.165) is 11.8 Å². The highest BCUT2D eigenvalue weighted by molar-refractivity contribution is 5.92. The van der Waals surface area contributed by atoms with Crippen LogP contribution in [0, 0.1) is 6.92 Å². The molecule has 1 amide bonds. The molecule has 0 saturated heterocycles. The van der Waals surface area contributed by atoms with Crippen LogP contribution in [0.1, 0.15) is 52.6 Å². The Bertz CT molecular complexity index is 748. The number of amides is 1. The first-order chi connectivity index (χ1) is 11.1. The Labute approximate surface area is 138 Å². The second kappa shape index (κ2) is 6.67. The van der Waals surface area contributed by atoms with Crippen LogP contribution in [0.2, 0.25) is 0 Å². The van der Waals surface area contributed by atoms with Gasteiger partial charge in [-0.2, -0.15) is 18.3 Å². The van der Waals surface area contributed by atoms with E-state index in [1.54, 1.807) is 19.2 Å². The maximum absolute atomic E-state index is 12.9. The fourth-order valence-electron chi connectivity index (χ4n) is 2.43. The molecular formula is C17H20F3N3O. The van der Waals surface area contributed by atoms with Crippen LogP contribution in [0.25, 0.3) is 0 Å². The van der Waals surface area contributed by atoms with Gasteiger partial charge in [0.2, 0.25) is 0 Å². The van der Waals surface area contributed by atoms with Crippen LogP contribution in [0.4, 0.5) is 13.2 Å². The number of hydrogen-bond acceptors (Lipinski definition) is 2. The first-order valence-electron chi connectivity index (χ1n) is 7.59. The normalized spacial score (nSPS) is 11.8. The summed E-state index contributed by atoms with van der Waals surface area (Å²) in [5.41, 5.74) is 1.04. The third-order valence-electron chi connectivity index (χ3n) is 3.91. The minimum atomic E-state index is -4.40. The Balaban J connectivity index is 2.15. The van der Waals surface area contributed by atoms with Crippen molar-refractivity contribution in [1.29, 1.82) is 0 Å². The van der Waals surface area contributed by atoms with Gasteiger partial charge in [0, 0.05) is 13.6 Å². The summed E-state index contributed by atoms with van der Waals surface area (Å²) < 4.78 is 40.3. The molecule has 2 rings (SSSR count). The molecule has 1 heterocycles. The van der Waals surface area contributed by atoms with Crippen molar-refractivity contribution in [2.75, 3.05) is 0 Å². The summed E-state index contributed by atoms with van der Waals surface area (Å²) in [5, 5.41) is 6.92. The van der Waals surface area contributed by atoms with Crippen molar-refractivity contribution in [3.05, 3.63) is 52.3 Å². The van der Waals surface area contributed by atoms with Gasteiger partial charge in [-0.05, 0) is 36.1 Å². The number of rotatable bonds is 4. The largest absolute Gasteiger partial charge is 0.416 e. The standard InChI is InChI=1S/C17H20F3N3O/c1-10(2)14-8-15(23(4)22-14)16(24)21-9-12-6-5-7-13(11(12)3)17(18,19)20/h5-8,10H,9H2,1-4H3,(H,21,24). The number of halogens is 3. The van der Waals surface area contributed by atoms with E-state index < -0.39 is 11.7 Å². The van der Waals surface area contributed by atoms with Crippen LogP contribution in [0.15, 0.2) is 24.3 Å². The molecule has 0 atom stereocenters. The summed E-state index contributed by atoms with van der Waals surface area (Å²) in [4.78, 5) is 12.3. The van der Waals surface area contributed by atoms with Crippen molar-refractivity contribution in [2.24, 2.45) is 7.05 Å². The van der Waals surface area contributed by atoms with E-state index >= 15 is 0 Å². The SMILES string of the molecule is Cc1c(CNC(=O)c2cc(C(C)C)nn2C)cccc1C(F)(F)F. The number of benzene rings is 1. The van der Waals surface area contributed by atoms with E-state index in [-0.39, 0.29) is 23.9 Å². The minimum absolute atomic E-state index is 0.0246. The lowest BCUT2D eigenvalue weighted by Gasteiger charge is -2.14. The second-order valence-electron chi connectivity index (χ2n) is 6.00. The van der Waals surface area contributed by atoms with Crippen LogP contribution in [0.5, 0.6) is 0 Å². The third kappa shape index (κ3) is 3.77. The van der Waals surface area contributed by atoms with E-state index in [0.29, 0.717) is 11.3 Å². The third-order valence-corrected chi connectivity index (χ3v) is 3.91. The molecule has 7 heteroatoms. The minimum Gasteiger partial charge on any atom is -0.347 e. The summed E-state index contributed by atoms with van der Waals surface area (Å²) in [7, 11) is 1.66. The van der Waals surface area contributed by atoms with Crippen molar-refractivity contribution >= 4 is 5.91 Å². The lowest BCUT2D eigenvalue weighted by molar-refractivity contribution is -0.138. The molecule has 0 aliphatic carbocycles. The molecule has 0 fully saturated rings. The summed E-state index contributed by atoms with van der Waals surface area (Å²) >= 11 is 0. The van der Waals surface area contributed by atoms with Crippen LogP contribution in [-0.4, -0.2) is 15.7 Å². The van der Waals surface area contributed by atoms with Gasteiger partial charge in [0.1, 0.15) is 5.69 Å². The van der Waals surface area contributed by atoms with Gasteiger partial charge in [-0.15, -0.1) is 0 Å². The number of nitrogens with zero attached hydrogens (tertiary/aromatic N) is 2. The predicted octanol–water partition coefficient (Wildman–Crippen LogP) is 3.80. The van der Waals surface area contributed by atoms with Crippen molar-refractivity contribution in [1.82, 2.24) is 15.1 Å². The molecule has 1 N–H and O–H groups in total. The Kier molecular flexibility index (Phi) is 5.01. The first kappa shape index (κ1) is 18.0. The summed E-state index contributed by atoms with van der Waals surface area (Å²) in [5.74, 6) is -0.183. The molecule has 1 aromatic heterocycles. The van der Waals surface area contributed by atoms with Gasteiger partial charge in [-0.3, -0.25) is 9.48 Å². The molecule has 0 radical (unpaired) electrons. The zero-order valence-electron chi connectivity index (χ0n) is 14.0. The van der Waals surface area contributed by atoms with Gasteiger partial charge in [0.15, 0.2) is 0 Å². The summed E-state index contributed by atoms with van der Waals surface area (Å²) in [6.45, 7) is 5.37. The Hall–Kier alpha value is -2.31. The molecule has 0 spiro atoms. The average Bonchev–Trinajstić information content (AvgIpc) is 2.87. The molecule has 2 aromatic rings. The number of alkyl halides is 3. The summed E-state index contributed by atoms with van der Waals surface area (Å²) in [6, 6.07) is 5.65. The van der Waals surface area contributed by atoms with E-state index in [1.165, 1.54) is 17.7 Å². The first-order valence-corrected chi connectivity index (χ1v) is 7.59. The molecule has 0 saturated carbocycles. The van der Waals surface area contributed by atoms with E-state index in [1.807, 2.05) is 13.8 Å². The molecule has 130 valence electrons.